The van der Waals surface area contributed by atoms with Gasteiger partial charge in [0.25, 0.3) is 12.3 Å². The van der Waals surface area contributed by atoms with E-state index in [1.165, 1.54) is 0 Å². The number of piperidine rings is 1. The molecule has 0 unspecified atom stereocenters. The molecule has 5 rings (SSSR count). The summed E-state index contributed by atoms with van der Waals surface area (Å²) in [5.74, 6) is -0.151. The number of pyridine rings is 1. The van der Waals surface area contributed by atoms with Crippen molar-refractivity contribution < 1.29 is 23.1 Å². The highest BCUT2D eigenvalue weighted by Crippen LogP contribution is 2.31. The number of benzene rings is 1. The van der Waals surface area contributed by atoms with Gasteiger partial charge in [-0.1, -0.05) is 18.2 Å². The third-order valence-corrected chi connectivity index (χ3v) is 6.92. The first kappa shape index (κ1) is 26.6. The van der Waals surface area contributed by atoms with Gasteiger partial charge in [0.15, 0.2) is 0 Å². The molecule has 10 heteroatoms. The van der Waals surface area contributed by atoms with Crippen LogP contribution in [-0.2, 0) is 11.3 Å². The van der Waals surface area contributed by atoms with Crippen molar-refractivity contribution in [2.45, 2.75) is 65.1 Å². The molecule has 1 N–H and O–H groups in total. The van der Waals surface area contributed by atoms with Crippen LogP contribution >= 0.6 is 0 Å². The Kier molecular flexibility index (Phi) is 7.05. The SMILES string of the molecule is Cc1c(-c2cc3ccccc3n2CC(F)F)nc2cc(C(=O)N3CCC[C@@H](NC(=O)OC(C)(C)C)C3)ccn12. The zero-order valence-corrected chi connectivity index (χ0v) is 22.6. The normalized spacial score (nSPS) is 16.3. The van der Waals surface area contributed by atoms with Crippen molar-refractivity contribution in [2.24, 2.45) is 0 Å². The first-order valence-electron chi connectivity index (χ1n) is 13.1. The van der Waals surface area contributed by atoms with Gasteiger partial charge in [-0.15, -0.1) is 0 Å². The van der Waals surface area contributed by atoms with E-state index in [-0.39, 0.29) is 11.9 Å². The third kappa shape index (κ3) is 5.60. The number of likely N-dealkylation sites (tertiary alicyclic amines) is 1. The Morgan fingerprint density at radius 1 is 1.18 bits per heavy atom. The number of alkyl carbamates (subject to hydrolysis) is 1. The molecule has 8 nitrogen and oxygen atoms in total. The molecule has 0 spiro atoms. The molecule has 1 saturated heterocycles. The van der Waals surface area contributed by atoms with E-state index in [1.807, 2.05) is 41.7 Å². The maximum absolute atomic E-state index is 13.5. The standard InChI is InChI=1S/C29H33F2N5O3/c1-18-26(23-14-19-8-5-6-10-22(19)36(23)17-24(30)31)33-25-15-20(11-13-35(18)25)27(37)34-12-7-9-21(16-34)32-28(38)39-29(2,3)4/h5-6,8,10-11,13-15,21,24H,7,9,12,16-17H2,1-4H3,(H,32,38)/t21-/m1/s1. The number of rotatable bonds is 5. The first-order chi connectivity index (χ1) is 18.5. The van der Waals surface area contributed by atoms with E-state index < -0.39 is 24.7 Å². The number of halogens is 2. The summed E-state index contributed by atoms with van der Waals surface area (Å²) < 4.78 is 35.8. The molecule has 39 heavy (non-hydrogen) atoms. The lowest BCUT2D eigenvalue weighted by Crippen LogP contribution is -2.50. The zero-order valence-electron chi connectivity index (χ0n) is 22.6. The Hall–Kier alpha value is -3.95. The molecular weight excluding hydrogens is 504 g/mol. The molecule has 0 radical (unpaired) electrons. The third-order valence-electron chi connectivity index (χ3n) is 6.92. The van der Waals surface area contributed by atoms with Crippen LogP contribution in [0.5, 0.6) is 0 Å². The molecule has 2 amide bonds. The minimum absolute atomic E-state index is 0.151. The largest absolute Gasteiger partial charge is 0.444 e. The maximum atomic E-state index is 13.5. The van der Waals surface area contributed by atoms with Crippen molar-refractivity contribution in [1.82, 2.24) is 24.2 Å². The molecule has 0 saturated carbocycles. The number of para-hydroxylation sites is 1. The fraction of sp³-hybridized carbons (Fsp3) is 0.414. The van der Waals surface area contributed by atoms with E-state index in [1.54, 1.807) is 48.6 Å². The van der Waals surface area contributed by atoms with Crippen molar-refractivity contribution in [3.05, 3.63) is 59.9 Å². The van der Waals surface area contributed by atoms with Gasteiger partial charge in [0.1, 0.15) is 16.9 Å². The van der Waals surface area contributed by atoms with Crippen LogP contribution < -0.4 is 5.32 Å². The molecule has 1 fully saturated rings. The highest BCUT2D eigenvalue weighted by atomic mass is 19.3. The van der Waals surface area contributed by atoms with Crippen LogP contribution in [0.3, 0.4) is 0 Å². The second-order valence-corrected chi connectivity index (χ2v) is 11.0. The van der Waals surface area contributed by atoms with Gasteiger partial charge in [0.2, 0.25) is 0 Å². The molecule has 1 aliphatic rings. The van der Waals surface area contributed by atoms with Gasteiger partial charge >= 0.3 is 6.09 Å². The summed E-state index contributed by atoms with van der Waals surface area (Å²) in [6, 6.07) is 12.6. The Morgan fingerprint density at radius 3 is 2.69 bits per heavy atom. The minimum atomic E-state index is -2.51. The zero-order chi connectivity index (χ0) is 27.9. The Bertz CT molecular complexity index is 1540. The second kappa shape index (κ2) is 10.3. The second-order valence-electron chi connectivity index (χ2n) is 11.0. The van der Waals surface area contributed by atoms with E-state index in [4.69, 9.17) is 9.72 Å². The van der Waals surface area contributed by atoms with Crippen LogP contribution in [0.15, 0.2) is 48.7 Å². The van der Waals surface area contributed by atoms with Crippen molar-refractivity contribution in [3.8, 4) is 11.4 Å². The van der Waals surface area contributed by atoms with Gasteiger partial charge in [0, 0.05) is 47.5 Å². The van der Waals surface area contributed by atoms with Crippen LogP contribution in [0.4, 0.5) is 13.6 Å². The van der Waals surface area contributed by atoms with Gasteiger partial charge in [-0.25, -0.2) is 18.6 Å². The van der Waals surface area contributed by atoms with Gasteiger partial charge in [-0.05, 0) is 64.8 Å². The number of carbonyl (C=O) groups excluding carboxylic acids is 2. The summed E-state index contributed by atoms with van der Waals surface area (Å²) in [5, 5.41) is 3.73. The van der Waals surface area contributed by atoms with Crippen molar-refractivity contribution in [2.75, 3.05) is 13.1 Å². The highest BCUT2D eigenvalue weighted by molar-refractivity contribution is 5.95. The van der Waals surface area contributed by atoms with Crippen LogP contribution in [0, 0.1) is 6.92 Å². The molecule has 4 heterocycles. The number of nitrogens with zero attached hydrogens (tertiary/aromatic N) is 4. The molecule has 0 bridgehead atoms. The van der Waals surface area contributed by atoms with Gasteiger partial charge in [-0.2, -0.15) is 0 Å². The summed E-state index contributed by atoms with van der Waals surface area (Å²) in [6.45, 7) is 7.84. The Labute approximate surface area is 225 Å². The number of carbonyl (C=O) groups is 2. The maximum Gasteiger partial charge on any atom is 0.407 e. The van der Waals surface area contributed by atoms with Crippen LogP contribution in [0.2, 0.25) is 0 Å². The van der Waals surface area contributed by atoms with E-state index in [9.17, 15) is 18.4 Å². The number of nitrogens with one attached hydrogen (secondary N) is 1. The summed E-state index contributed by atoms with van der Waals surface area (Å²) in [4.78, 5) is 32.1. The number of hydrogen-bond acceptors (Lipinski definition) is 4. The molecule has 0 aliphatic carbocycles. The Balaban J connectivity index is 1.41. The minimum Gasteiger partial charge on any atom is -0.444 e. The summed E-state index contributed by atoms with van der Waals surface area (Å²) >= 11 is 0. The lowest BCUT2D eigenvalue weighted by atomic mass is 10.0. The number of ether oxygens (including phenoxy) is 1. The number of fused-ring (bicyclic) bond motifs is 2. The first-order valence-corrected chi connectivity index (χ1v) is 13.1. The number of imidazole rings is 1. The number of amides is 2. The van der Waals surface area contributed by atoms with E-state index in [0.29, 0.717) is 35.7 Å². The van der Waals surface area contributed by atoms with Crippen molar-refractivity contribution in [1.29, 1.82) is 0 Å². The molecule has 4 aromatic rings. The number of hydrogen-bond donors (Lipinski definition) is 1. The van der Waals surface area contributed by atoms with Gasteiger partial charge in [0.05, 0.1) is 12.2 Å². The van der Waals surface area contributed by atoms with E-state index >= 15 is 0 Å². The Morgan fingerprint density at radius 2 is 1.95 bits per heavy atom. The van der Waals surface area contributed by atoms with Crippen LogP contribution in [0.1, 0.15) is 49.7 Å². The van der Waals surface area contributed by atoms with Crippen molar-refractivity contribution in [3.63, 3.8) is 0 Å². The van der Waals surface area contributed by atoms with E-state index in [2.05, 4.69) is 5.32 Å². The van der Waals surface area contributed by atoms with Crippen molar-refractivity contribution >= 4 is 28.6 Å². The van der Waals surface area contributed by atoms with Crippen LogP contribution in [-0.4, -0.2) is 62.0 Å². The predicted octanol–water partition coefficient (Wildman–Crippen LogP) is 5.66. The molecule has 3 aromatic heterocycles. The molecular formula is C29H33F2N5O3. The predicted molar refractivity (Wildman–Crippen MR) is 145 cm³/mol. The highest BCUT2D eigenvalue weighted by Gasteiger charge is 2.28. The summed E-state index contributed by atoms with van der Waals surface area (Å²) in [7, 11) is 0. The molecule has 1 aliphatic heterocycles. The number of aromatic nitrogens is 3. The quantitative estimate of drug-likeness (QED) is 0.356. The summed E-state index contributed by atoms with van der Waals surface area (Å²) in [5.41, 5.74) is 3.15. The number of aryl methyl sites for hydroxylation is 1. The van der Waals surface area contributed by atoms with Gasteiger partial charge in [-0.3, -0.25) is 4.79 Å². The summed E-state index contributed by atoms with van der Waals surface area (Å²) in [6.07, 6.45) is 0.300. The topological polar surface area (TPSA) is 80.9 Å². The smallest absolute Gasteiger partial charge is 0.407 e. The van der Waals surface area contributed by atoms with Crippen LogP contribution in [0.25, 0.3) is 27.9 Å². The lowest BCUT2D eigenvalue weighted by Gasteiger charge is -2.33. The van der Waals surface area contributed by atoms with E-state index in [0.717, 1.165) is 29.4 Å². The average molecular weight is 538 g/mol. The fourth-order valence-corrected chi connectivity index (χ4v) is 5.22. The average Bonchev–Trinajstić information content (AvgIpc) is 3.39. The van der Waals surface area contributed by atoms with Gasteiger partial charge < -0.3 is 23.9 Å². The molecule has 1 aromatic carbocycles. The lowest BCUT2D eigenvalue weighted by molar-refractivity contribution is 0.0452. The monoisotopic (exact) mass is 537 g/mol. The number of alkyl halides is 2. The molecule has 206 valence electrons. The molecule has 1 atom stereocenters. The fourth-order valence-electron chi connectivity index (χ4n) is 5.22.